The lowest BCUT2D eigenvalue weighted by atomic mass is 9.70. The van der Waals surface area contributed by atoms with Gasteiger partial charge in [0.2, 0.25) is 11.8 Å². The first kappa shape index (κ1) is 63.9. The number of aliphatic hydroxyl groups is 2. The van der Waals surface area contributed by atoms with Gasteiger partial charge in [0.15, 0.2) is 11.2 Å². The first-order valence-corrected chi connectivity index (χ1v) is 31.5. The molecule has 14 nitrogen and oxygen atoms in total. The summed E-state index contributed by atoms with van der Waals surface area (Å²) in [6.07, 6.45) is 21.7. The quantitative estimate of drug-likeness (QED) is 0.0389. The van der Waals surface area contributed by atoms with Crippen molar-refractivity contribution in [3.05, 3.63) is 167 Å². The summed E-state index contributed by atoms with van der Waals surface area (Å²) in [5.74, 6) is -0.961. The summed E-state index contributed by atoms with van der Waals surface area (Å²) in [6, 6.07) is 23.2. The van der Waals surface area contributed by atoms with E-state index in [1.165, 1.54) is 36.5 Å². The summed E-state index contributed by atoms with van der Waals surface area (Å²) < 4.78 is 23.2. The second-order valence-electron chi connectivity index (χ2n) is 24.4. The van der Waals surface area contributed by atoms with Crippen molar-refractivity contribution in [3.63, 3.8) is 0 Å². The Morgan fingerprint density at radius 1 is 0.605 bits per heavy atom. The van der Waals surface area contributed by atoms with Crippen molar-refractivity contribution in [2.75, 3.05) is 76.5 Å². The minimum atomic E-state index is -2.15. The summed E-state index contributed by atoms with van der Waals surface area (Å²) in [4.78, 5) is 61.3. The third-order valence-electron chi connectivity index (χ3n) is 18.3. The van der Waals surface area contributed by atoms with Crippen LogP contribution >= 0.6 is 23.2 Å². The normalized spacial score (nSPS) is 20.6. The highest BCUT2D eigenvalue weighted by Crippen LogP contribution is 2.48. The number of esters is 2. The Kier molecular flexibility index (Phi) is 20.9. The fourth-order valence-corrected chi connectivity index (χ4v) is 13.9. The number of hydrogen-bond acceptors (Lipinski definition) is 12. The number of hydrogen-bond donors (Lipinski definition) is 2. The third-order valence-corrected chi connectivity index (χ3v) is 18.8. The molecule has 0 bridgehead atoms. The van der Waals surface area contributed by atoms with Crippen LogP contribution in [0.3, 0.4) is 0 Å². The van der Waals surface area contributed by atoms with Gasteiger partial charge in [-0.1, -0.05) is 71.8 Å². The zero-order valence-corrected chi connectivity index (χ0v) is 51.8. The van der Waals surface area contributed by atoms with Crippen LogP contribution in [-0.4, -0.2) is 123 Å². The van der Waals surface area contributed by atoms with Gasteiger partial charge in [-0.25, -0.2) is 9.59 Å². The molecule has 4 aromatic carbocycles. The van der Waals surface area contributed by atoms with Gasteiger partial charge >= 0.3 is 11.9 Å². The van der Waals surface area contributed by atoms with E-state index in [1.807, 2.05) is 48.6 Å². The lowest BCUT2D eigenvalue weighted by molar-refractivity contribution is -0.168. The molecule has 2 heterocycles. The van der Waals surface area contributed by atoms with Crippen LogP contribution in [0.4, 0.5) is 11.4 Å². The topological polar surface area (TPSA) is 159 Å². The number of ether oxygens (including phenoxy) is 4. The van der Waals surface area contributed by atoms with Gasteiger partial charge in [-0.05, 0) is 185 Å². The van der Waals surface area contributed by atoms with Crippen molar-refractivity contribution in [2.45, 2.75) is 150 Å². The number of methoxy groups -OCH3 is 2. The van der Waals surface area contributed by atoms with Gasteiger partial charge in [0.05, 0.1) is 51.6 Å². The van der Waals surface area contributed by atoms with E-state index in [0.717, 1.165) is 150 Å². The summed E-state index contributed by atoms with van der Waals surface area (Å²) in [5.41, 5.74) is 2.52. The molecule has 0 radical (unpaired) electrons. The number of fused-ring (bicyclic) bond motifs is 6. The van der Waals surface area contributed by atoms with E-state index in [-0.39, 0.29) is 34.7 Å². The maximum absolute atomic E-state index is 13.4. The highest BCUT2D eigenvalue weighted by molar-refractivity contribution is 6.31. The van der Waals surface area contributed by atoms with Gasteiger partial charge in [0, 0.05) is 72.2 Å². The number of benzene rings is 4. The smallest absolute Gasteiger partial charge is 0.343 e. The summed E-state index contributed by atoms with van der Waals surface area (Å²) in [6.45, 7) is 20.0. The highest BCUT2D eigenvalue weighted by Gasteiger charge is 2.49. The van der Waals surface area contributed by atoms with Crippen molar-refractivity contribution in [3.8, 4) is 11.5 Å². The van der Waals surface area contributed by atoms with Crippen LogP contribution in [0.25, 0.3) is 0 Å². The van der Waals surface area contributed by atoms with Crippen molar-refractivity contribution < 1.29 is 48.3 Å². The molecule has 10 rings (SSSR count). The molecule has 4 aromatic rings. The van der Waals surface area contributed by atoms with E-state index in [4.69, 9.17) is 42.1 Å². The molecule has 2 saturated carbocycles. The van der Waals surface area contributed by atoms with Crippen molar-refractivity contribution >= 4 is 58.3 Å². The molecule has 2 aliphatic heterocycles. The Bertz CT molecular complexity index is 2950. The number of carbonyl (C=O) groups is 4. The number of aryl methyl sites for hydroxylation is 2. The second kappa shape index (κ2) is 28.1. The van der Waals surface area contributed by atoms with Gasteiger partial charge in [0.1, 0.15) is 11.5 Å². The SMILES string of the molecule is C=CCCCCN1C[C@@]2(CCCc3cc(Cl)ccc32)COc2ccc([C@@](O)(CC(=O)N(CC=C)C3CC3)C(=O)OC)cc21.C=CCCCCN1C[C@@]2(CCCc3cc(Cl)ccc32)COc2ccc([C@](O)(CC(=O)N(CC=C)C3CC3)C(=O)OC)cc21. The van der Waals surface area contributed by atoms with E-state index in [2.05, 4.69) is 60.4 Å². The predicted molar refractivity (Wildman–Crippen MR) is 339 cm³/mol. The van der Waals surface area contributed by atoms with Gasteiger partial charge in [-0.3, -0.25) is 9.59 Å². The number of unbranched alkanes of at least 4 members (excludes halogenated alkanes) is 4. The third kappa shape index (κ3) is 14.0. The number of nitrogens with zero attached hydrogens (tertiary/aromatic N) is 4. The maximum Gasteiger partial charge on any atom is 0.343 e. The Hall–Kier alpha value is -6.58. The predicted octanol–water partition coefficient (Wildman–Crippen LogP) is 12.2. The first-order valence-electron chi connectivity index (χ1n) is 30.8. The second-order valence-corrected chi connectivity index (χ2v) is 25.3. The molecular weight excluding hydrogens is 1130 g/mol. The maximum atomic E-state index is 13.4. The van der Waals surface area contributed by atoms with Crippen molar-refractivity contribution in [1.29, 1.82) is 0 Å². The first-order chi connectivity index (χ1) is 41.5. The van der Waals surface area contributed by atoms with E-state index >= 15 is 0 Å². The summed E-state index contributed by atoms with van der Waals surface area (Å²) in [7, 11) is 2.46. The zero-order chi connectivity index (χ0) is 61.2. The van der Waals surface area contributed by atoms with Crippen LogP contribution in [0, 0.1) is 0 Å². The molecule has 2 spiro atoms. The van der Waals surface area contributed by atoms with Crippen LogP contribution in [0.5, 0.6) is 11.5 Å². The molecule has 2 fully saturated rings. The van der Waals surface area contributed by atoms with Crippen LogP contribution in [0.1, 0.15) is 136 Å². The van der Waals surface area contributed by atoms with E-state index in [0.29, 0.717) is 48.9 Å². The van der Waals surface area contributed by atoms with Crippen LogP contribution in [0.15, 0.2) is 123 Å². The van der Waals surface area contributed by atoms with Gasteiger partial charge in [0.25, 0.3) is 0 Å². The Labute approximate surface area is 518 Å². The molecule has 2 N–H and O–H groups in total. The number of anilines is 2. The van der Waals surface area contributed by atoms with Crippen molar-refractivity contribution in [1.82, 2.24) is 9.80 Å². The number of carbonyl (C=O) groups excluding carboxylic acids is 4. The molecule has 4 aliphatic carbocycles. The molecule has 16 heteroatoms. The number of allylic oxidation sites excluding steroid dienone is 2. The average Bonchev–Trinajstić information content (AvgIpc) is 1.56. The van der Waals surface area contributed by atoms with E-state index in [1.54, 1.807) is 34.1 Å². The van der Waals surface area contributed by atoms with Crippen LogP contribution in [-0.2, 0) is 63.5 Å². The molecule has 86 heavy (non-hydrogen) atoms. The van der Waals surface area contributed by atoms with Crippen LogP contribution < -0.4 is 19.3 Å². The molecule has 6 aliphatic rings. The molecule has 4 atom stereocenters. The van der Waals surface area contributed by atoms with E-state index in [9.17, 15) is 29.4 Å². The fourth-order valence-electron chi connectivity index (χ4n) is 13.5. The molecule has 0 unspecified atom stereocenters. The fraction of sp³-hybridized carbons (Fsp3) is 0.486. The molecular formula is C70H86Cl2N4O10. The Balaban J connectivity index is 0.000000205. The summed E-state index contributed by atoms with van der Waals surface area (Å²) >= 11 is 12.8. The van der Waals surface area contributed by atoms with Gasteiger partial charge < -0.3 is 48.8 Å². The minimum absolute atomic E-state index is 0.114. The molecule has 0 aromatic heterocycles. The van der Waals surface area contributed by atoms with Crippen molar-refractivity contribution in [2.24, 2.45) is 0 Å². The van der Waals surface area contributed by atoms with E-state index < -0.39 is 36.0 Å². The number of halogens is 2. The highest BCUT2D eigenvalue weighted by atomic mass is 35.5. The monoisotopic (exact) mass is 1210 g/mol. The molecule has 2 amide bonds. The Morgan fingerprint density at radius 3 is 1.37 bits per heavy atom. The standard InChI is InChI=1S/2C35H43ClN2O5/c2*1-4-6-7-8-19-37-23-34(17-9-10-25-20-27(36)12-15-29(25)34)24-43-31-16-11-26(21-30(31)37)35(41,33(40)42-3)22-32(39)38(18-5-2)28-13-14-28/h2*4-5,11-12,15-16,20-21,28,41H,1-2,6-10,13-14,17-19,22-24H2,3H3/t34-,35+;34-,35-/m00/s1. The lowest BCUT2D eigenvalue weighted by Crippen LogP contribution is -2.46. The zero-order valence-electron chi connectivity index (χ0n) is 50.3. The largest absolute Gasteiger partial charge is 0.490 e. The van der Waals surface area contributed by atoms with Gasteiger partial charge in [-0.2, -0.15) is 0 Å². The molecule has 460 valence electrons. The van der Waals surface area contributed by atoms with Gasteiger partial charge in [-0.15, -0.1) is 26.3 Å². The van der Waals surface area contributed by atoms with Crippen LogP contribution in [0.2, 0.25) is 10.0 Å². The molecule has 0 saturated heterocycles. The number of amides is 2. The Morgan fingerprint density at radius 2 is 1.01 bits per heavy atom. The average molecular weight is 1210 g/mol. The number of rotatable bonds is 24. The minimum Gasteiger partial charge on any atom is -0.490 e. The lowest BCUT2D eigenvalue weighted by Gasteiger charge is -2.41. The summed E-state index contributed by atoms with van der Waals surface area (Å²) in [5, 5.41) is 25.3.